The Balaban J connectivity index is 1.65. The van der Waals surface area contributed by atoms with Crippen LogP contribution in [0.15, 0.2) is 24.3 Å². The highest BCUT2D eigenvalue weighted by Crippen LogP contribution is 2.29. The van der Waals surface area contributed by atoms with E-state index in [1.165, 1.54) is 11.7 Å². The number of quaternary nitrogens is 1. The van der Waals surface area contributed by atoms with Crippen LogP contribution in [0.5, 0.6) is 0 Å². The number of hydrogen-bond donors (Lipinski definition) is 1. The highest BCUT2D eigenvalue weighted by atomic mass is 32.1. The summed E-state index contributed by atoms with van der Waals surface area (Å²) in [6.07, 6.45) is -1.44. The molecular formula is C17H19F3N5S2+. The Morgan fingerprint density at radius 3 is 2.78 bits per heavy atom. The molecule has 1 N–H and O–H groups in total. The van der Waals surface area contributed by atoms with E-state index in [1.54, 1.807) is 11.3 Å². The molecule has 3 heterocycles. The Labute approximate surface area is 163 Å². The third-order valence-corrected chi connectivity index (χ3v) is 6.62. The first-order valence-corrected chi connectivity index (χ1v) is 9.98. The number of rotatable bonds is 3. The summed E-state index contributed by atoms with van der Waals surface area (Å²) in [5, 5.41) is 4.79. The van der Waals surface area contributed by atoms with Gasteiger partial charge in [-0.1, -0.05) is 12.1 Å². The molecule has 0 amide bonds. The smallest absolute Gasteiger partial charge is 0.308 e. The van der Waals surface area contributed by atoms with E-state index in [4.69, 9.17) is 17.2 Å². The molecule has 27 heavy (non-hydrogen) atoms. The number of aromatic nitrogens is 4. The molecule has 0 saturated carbocycles. The first-order chi connectivity index (χ1) is 12.8. The van der Waals surface area contributed by atoms with Gasteiger partial charge in [0, 0.05) is 13.5 Å². The summed E-state index contributed by atoms with van der Waals surface area (Å²) >= 11 is 6.86. The molecule has 0 radical (unpaired) electrons. The van der Waals surface area contributed by atoms with Gasteiger partial charge in [0.25, 0.3) is 0 Å². The molecule has 1 saturated heterocycles. The average molecular weight is 415 g/mol. The highest BCUT2D eigenvalue weighted by Gasteiger charge is 2.38. The summed E-state index contributed by atoms with van der Waals surface area (Å²) < 4.78 is 42.8. The standard InChI is InChI=1S/C17H18F3N5S2/c1-23-15(17(18,19)20)22-25(16(23)26)10-24-9-5-4-7-12(24)14-21-11-6-2-3-8-13(11)27-14/h2-3,6,8,12H,4-5,7,9-10H2,1H3/p+1/t12-/m1/s1. The zero-order valence-corrected chi connectivity index (χ0v) is 16.3. The van der Waals surface area contributed by atoms with E-state index in [9.17, 15) is 13.2 Å². The van der Waals surface area contributed by atoms with Crippen LogP contribution in [0.2, 0.25) is 0 Å². The lowest BCUT2D eigenvalue weighted by Gasteiger charge is -2.30. The third kappa shape index (κ3) is 3.53. The normalized spacial score (nSPS) is 21.0. The Bertz CT molecular complexity index is 987. The van der Waals surface area contributed by atoms with Gasteiger partial charge in [-0.05, 0) is 37.2 Å². The largest absolute Gasteiger partial charge is 0.451 e. The number of fused-ring (bicyclic) bond motifs is 1. The molecule has 1 unspecified atom stereocenters. The van der Waals surface area contributed by atoms with Crippen LogP contribution < -0.4 is 4.90 Å². The summed E-state index contributed by atoms with van der Waals surface area (Å²) in [7, 11) is 1.31. The van der Waals surface area contributed by atoms with Gasteiger partial charge in [0.05, 0.1) is 16.8 Å². The summed E-state index contributed by atoms with van der Waals surface area (Å²) in [6, 6.07) is 8.13. The highest BCUT2D eigenvalue weighted by molar-refractivity contribution is 7.71. The van der Waals surface area contributed by atoms with Crippen molar-refractivity contribution in [1.82, 2.24) is 19.3 Å². The quantitative estimate of drug-likeness (QED) is 0.669. The molecule has 1 fully saturated rings. The summed E-state index contributed by atoms with van der Waals surface area (Å²) in [6.45, 7) is 1.17. The van der Waals surface area contributed by atoms with Crippen molar-refractivity contribution in [3.8, 4) is 0 Å². The van der Waals surface area contributed by atoms with Gasteiger partial charge in [-0.2, -0.15) is 17.9 Å². The molecule has 4 rings (SSSR count). The van der Waals surface area contributed by atoms with Gasteiger partial charge in [0.15, 0.2) is 11.7 Å². The zero-order valence-electron chi connectivity index (χ0n) is 14.7. The second kappa shape index (κ2) is 6.99. The lowest BCUT2D eigenvalue weighted by Crippen LogP contribution is -3.12. The monoisotopic (exact) mass is 414 g/mol. The van der Waals surface area contributed by atoms with Crippen molar-refractivity contribution in [2.24, 2.45) is 7.05 Å². The zero-order chi connectivity index (χ0) is 19.2. The van der Waals surface area contributed by atoms with Crippen LogP contribution in [0.1, 0.15) is 36.1 Å². The van der Waals surface area contributed by atoms with Gasteiger partial charge in [0.2, 0.25) is 10.6 Å². The Morgan fingerprint density at radius 2 is 2.07 bits per heavy atom. The molecule has 1 aromatic carbocycles. The maximum absolute atomic E-state index is 13.1. The number of halogens is 3. The molecule has 0 bridgehead atoms. The van der Waals surface area contributed by atoms with E-state index in [-0.39, 0.29) is 10.8 Å². The van der Waals surface area contributed by atoms with Crippen LogP contribution in [0, 0.1) is 4.77 Å². The predicted molar refractivity (Wildman–Crippen MR) is 99.1 cm³/mol. The first-order valence-electron chi connectivity index (χ1n) is 8.75. The third-order valence-electron chi connectivity index (χ3n) is 4.99. The molecule has 1 aliphatic rings. The molecule has 1 aliphatic heterocycles. The second-order valence-electron chi connectivity index (χ2n) is 6.80. The van der Waals surface area contributed by atoms with Gasteiger partial charge in [-0.3, -0.25) is 4.57 Å². The van der Waals surface area contributed by atoms with Crippen LogP contribution in [0.4, 0.5) is 13.2 Å². The maximum atomic E-state index is 13.1. The maximum Gasteiger partial charge on any atom is 0.451 e. The van der Waals surface area contributed by atoms with Crippen molar-refractivity contribution in [3.63, 3.8) is 0 Å². The van der Waals surface area contributed by atoms with Crippen molar-refractivity contribution in [2.75, 3.05) is 6.54 Å². The molecule has 144 valence electrons. The number of para-hydroxylation sites is 1. The van der Waals surface area contributed by atoms with Crippen molar-refractivity contribution in [3.05, 3.63) is 39.9 Å². The lowest BCUT2D eigenvalue weighted by atomic mass is 10.0. The molecule has 5 nitrogen and oxygen atoms in total. The average Bonchev–Trinajstić information content (AvgIpc) is 3.18. The second-order valence-corrected chi connectivity index (χ2v) is 8.22. The number of nitrogens with one attached hydrogen (secondary N) is 1. The van der Waals surface area contributed by atoms with E-state index >= 15 is 0 Å². The Morgan fingerprint density at radius 1 is 1.30 bits per heavy atom. The number of likely N-dealkylation sites (tertiary alicyclic amines) is 1. The van der Waals surface area contributed by atoms with E-state index in [2.05, 4.69) is 5.10 Å². The summed E-state index contributed by atoms with van der Waals surface area (Å²) in [5.41, 5.74) is 0.969. The fourth-order valence-electron chi connectivity index (χ4n) is 3.64. The first kappa shape index (κ1) is 18.6. The number of piperidine rings is 1. The van der Waals surface area contributed by atoms with Crippen molar-refractivity contribution >= 4 is 33.8 Å². The van der Waals surface area contributed by atoms with Crippen molar-refractivity contribution < 1.29 is 18.1 Å². The number of nitrogens with zero attached hydrogens (tertiary/aromatic N) is 4. The number of alkyl halides is 3. The van der Waals surface area contributed by atoms with Crippen LogP contribution in [-0.4, -0.2) is 25.9 Å². The van der Waals surface area contributed by atoms with Gasteiger partial charge in [-0.15, -0.1) is 16.4 Å². The fraction of sp³-hybridized carbons (Fsp3) is 0.471. The van der Waals surface area contributed by atoms with E-state index in [1.807, 2.05) is 24.3 Å². The number of benzene rings is 1. The minimum atomic E-state index is -4.52. The van der Waals surface area contributed by atoms with E-state index in [0.29, 0.717) is 6.67 Å². The summed E-state index contributed by atoms with van der Waals surface area (Å²) in [4.78, 5) is 5.93. The minimum absolute atomic E-state index is 0.0865. The van der Waals surface area contributed by atoms with Gasteiger partial charge in [-0.25, -0.2) is 4.98 Å². The molecule has 0 aliphatic carbocycles. The Kier molecular flexibility index (Phi) is 4.81. The molecule has 2 aromatic heterocycles. The van der Waals surface area contributed by atoms with Gasteiger partial charge >= 0.3 is 6.18 Å². The molecular weight excluding hydrogens is 395 g/mol. The van der Waals surface area contributed by atoms with E-state index < -0.39 is 12.0 Å². The minimum Gasteiger partial charge on any atom is -0.308 e. The van der Waals surface area contributed by atoms with E-state index in [0.717, 1.165) is 50.5 Å². The van der Waals surface area contributed by atoms with Gasteiger partial charge < -0.3 is 4.90 Å². The van der Waals surface area contributed by atoms with Crippen molar-refractivity contribution in [2.45, 2.75) is 38.1 Å². The van der Waals surface area contributed by atoms with Crippen LogP contribution in [0.25, 0.3) is 10.2 Å². The summed E-state index contributed by atoms with van der Waals surface area (Å²) in [5.74, 6) is -0.958. The number of thiazole rings is 1. The Hall–Kier alpha value is -1.78. The topological polar surface area (TPSA) is 40.1 Å². The molecule has 2 atom stereocenters. The molecule has 10 heteroatoms. The van der Waals surface area contributed by atoms with Crippen molar-refractivity contribution in [1.29, 1.82) is 0 Å². The lowest BCUT2D eigenvalue weighted by molar-refractivity contribution is -0.959. The fourth-order valence-corrected chi connectivity index (χ4v) is 4.99. The SMILES string of the molecule is Cn1c(C(F)(F)F)nn(C[NH+]2CCCC[C@@H]2c2nc3ccccc3s2)c1=S. The molecule has 3 aromatic rings. The van der Waals surface area contributed by atoms with Crippen LogP contribution in [0.3, 0.4) is 0 Å². The molecule has 0 spiro atoms. The van der Waals surface area contributed by atoms with Gasteiger partial charge in [0.1, 0.15) is 6.04 Å². The number of hydrogen-bond acceptors (Lipinski definition) is 4. The van der Waals surface area contributed by atoms with Crippen LogP contribution >= 0.6 is 23.6 Å². The van der Waals surface area contributed by atoms with Crippen LogP contribution in [-0.2, 0) is 19.9 Å². The predicted octanol–water partition coefficient (Wildman–Crippen LogP) is 3.35.